The SMILES string of the molecule is CNC(=O)Oc1c(C)c(OC)c(OC(=O)NC)c2ccc(F)cc12. The molecule has 0 aliphatic heterocycles. The van der Waals surface area contributed by atoms with E-state index in [0.717, 1.165) is 0 Å². The van der Waals surface area contributed by atoms with Gasteiger partial charge in [0.1, 0.15) is 11.6 Å². The first-order chi connectivity index (χ1) is 11.4. The van der Waals surface area contributed by atoms with E-state index in [9.17, 15) is 14.0 Å². The van der Waals surface area contributed by atoms with Crippen molar-refractivity contribution in [2.75, 3.05) is 21.2 Å². The summed E-state index contributed by atoms with van der Waals surface area (Å²) in [6.07, 6.45) is -1.43. The van der Waals surface area contributed by atoms with E-state index in [4.69, 9.17) is 14.2 Å². The summed E-state index contributed by atoms with van der Waals surface area (Å²) in [5, 5.41) is 5.29. The molecule has 2 aromatic carbocycles. The Morgan fingerprint density at radius 1 is 0.958 bits per heavy atom. The summed E-state index contributed by atoms with van der Waals surface area (Å²) in [7, 11) is 4.20. The molecular weight excluding hydrogens is 319 g/mol. The highest BCUT2D eigenvalue weighted by Crippen LogP contribution is 2.45. The molecule has 0 aromatic heterocycles. The smallest absolute Gasteiger partial charge is 0.412 e. The molecule has 0 radical (unpaired) electrons. The third kappa shape index (κ3) is 3.17. The fourth-order valence-corrected chi connectivity index (χ4v) is 2.27. The van der Waals surface area contributed by atoms with Gasteiger partial charge in [-0.3, -0.25) is 0 Å². The number of benzene rings is 2. The Balaban J connectivity index is 2.80. The molecule has 2 rings (SSSR count). The molecule has 0 unspecified atom stereocenters. The number of halogens is 1. The standard InChI is InChI=1S/C16H17FN2O5/c1-8-12(23-15(20)18-2)11-7-9(17)5-6-10(11)14(13(8)22-4)24-16(21)19-3/h5-7H,1-4H3,(H,18,20)(H,19,21). The van der Waals surface area contributed by atoms with Crippen LogP contribution in [0.3, 0.4) is 0 Å². The minimum atomic E-state index is -0.717. The maximum atomic E-state index is 13.7. The maximum Gasteiger partial charge on any atom is 0.412 e. The van der Waals surface area contributed by atoms with Crippen LogP contribution in [0.2, 0.25) is 0 Å². The molecule has 0 saturated carbocycles. The summed E-state index contributed by atoms with van der Waals surface area (Å²) >= 11 is 0. The minimum Gasteiger partial charge on any atom is -0.492 e. The molecule has 0 heterocycles. The number of carbonyl (C=O) groups is 2. The van der Waals surface area contributed by atoms with Crippen molar-refractivity contribution in [1.82, 2.24) is 10.6 Å². The van der Waals surface area contributed by atoms with E-state index in [2.05, 4.69) is 10.6 Å². The Bertz CT molecular complexity index is 807. The number of methoxy groups -OCH3 is 1. The van der Waals surface area contributed by atoms with Crippen molar-refractivity contribution >= 4 is 23.0 Å². The number of hydrogen-bond donors (Lipinski definition) is 2. The van der Waals surface area contributed by atoms with Crippen LogP contribution in [-0.4, -0.2) is 33.4 Å². The van der Waals surface area contributed by atoms with Crippen molar-refractivity contribution in [2.24, 2.45) is 0 Å². The lowest BCUT2D eigenvalue weighted by molar-refractivity contribution is 0.199. The van der Waals surface area contributed by atoms with Gasteiger partial charge in [-0.2, -0.15) is 0 Å². The summed E-state index contributed by atoms with van der Waals surface area (Å²) in [5.74, 6) is -0.102. The Morgan fingerprint density at radius 3 is 2.08 bits per heavy atom. The molecule has 8 heteroatoms. The summed E-state index contributed by atoms with van der Waals surface area (Å²) < 4.78 is 29.5. The van der Waals surface area contributed by atoms with E-state index in [1.165, 1.54) is 39.4 Å². The first kappa shape index (κ1) is 17.3. The second kappa shape index (κ2) is 7.03. The predicted octanol–water partition coefficient (Wildman–Crippen LogP) is 2.73. The zero-order chi connectivity index (χ0) is 17.9. The molecule has 0 fully saturated rings. The van der Waals surface area contributed by atoms with Crippen LogP contribution < -0.4 is 24.8 Å². The fraction of sp³-hybridized carbons (Fsp3) is 0.250. The van der Waals surface area contributed by atoms with Gasteiger partial charge >= 0.3 is 12.2 Å². The maximum absolute atomic E-state index is 13.7. The number of nitrogens with one attached hydrogen (secondary N) is 2. The van der Waals surface area contributed by atoms with Crippen LogP contribution in [0.1, 0.15) is 5.56 Å². The van der Waals surface area contributed by atoms with E-state index in [1.54, 1.807) is 6.92 Å². The Labute approximate surface area is 137 Å². The van der Waals surface area contributed by atoms with Crippen LogP contribution in [-0.2, 0) is 0 Å². The summed E-state index contributed by atoms with van der Waals surface area (Å²) in [5.41, 5.74) is 0.387. The third-order valence-corrected chi connectivity index (χ3v) is 3.36. The second-order valence-electron chi connectivity index (χ2n) is 4.79. The molecule has 0 aliphatic carbocycles. The first-order valence-corrected chi connectivity index (χ1v) is 7.01. The van der Waals surface area contributed by atoms with Gasteiger partial charge in [-0.1, -0.05) is 0 Å². The second-order valence-corrected chi connectivity index (χ2v) is 4.79. The molecule has 0 atom stereocenters. The number of carbonyl (C=O) groups excluding carboxylic acids is 2. The number of rotatable bonds is 3. The molecule has 0 aliphatic rings. The van der Waals surface area contributed by atoms with Crippen LogP contribution in [0.5, 0.6) is 17.2 Å². The number of amides is 2. The quantitative estimate of drug-likeness (QED) is 0.900. The van der Waals surface area contributed by atoms with E-state index in [-0.39, 0.29) is 22.6 Å². The fourth-order valence-electron chi connectivity index (χ4n) is 2.27. The largest absolute Gasteiger partial charge is 0.492 e. The van der Waals surface area contributed by atoms with Gasteiger partial charge in [0.2, 0.25) is 0 Å². The van der Waals surface area contributed by atoms with E-state index in [1.807, 2.05) is 0 Å². The van der Waals surface area contributed by atoms with E-state index in [0.29, 0.717) is 10.9 Å². The van der Waals surface area contributed by atoms with E-state index < -0.39 is 18.0 Å². The number of ether oxygens (including phenoxy) is 3. The Kier molecular flexibility index (Phi) is 5.08. The summed E-state index contributed by atoms with van der Waals surface area (Å²) in [4.78, 5) is 23.2. The number of hydrogen-bond acceptors (Lipinski definition) is 5. The molecule has 7 nitrogen and oxygen atoms in total. The Morgan fingerprint density at radius 2 is 1.54 bits per heavy atom. The van der Waals surface area contributed by atoms with Gasteiger partial charge in [0.05, 0.1) is 7.11 Å². The van der Waals surface area contributed by atoms with Crippen molar-refractivity contribution in [3.05, 3.63) is 29.6 Å². The summed E-state index contributed by atoms with van der Waals surface area (Å²) in [6.45, 7) is 1.61. The molecule has 128 valence electrons. The van der Waals surface area contributed by atoms with Crippen LogP contribution in [0, 0.1) is 12.7 Å². The van der Waals surface area contributed by atoms with Crippen molar-refractivity contribution in [2.45, 2.75) is 6.92 Å². The Hall–Kier alpha value is -3.03. The molecule has 0 saturated heterocycles. The predicted molar refractivity (Wildman–Crippen MR) is 85.4 cm³/mol. The molecule has 24 heavy (non-hydrogen) atoms. The monoisotopic (exact) mass is 336 g/mol. The van der Waals surface area contributed by atoms with Gasteiger partial charge in [-0.25, -0.2) is 14.0 Å². The van der Waals surface area contributed by atoms with Crippen LogP contribution in [0.25, 0.3) is 10.8 Å². The average Bonchev–Trinajstić information content (AvgIpc) is 2.58. The van der Waals surface area contributed by atoms with E-state index >= 15 is 0 Å². The van der Waals surface area contributed by atoms with Crippen LogP contribution in [0.4, 0.5) is 14.0 Å². The molecular formula is C16H17FN2O5. The van der Waals surface area contributed by atoms with Gasteiger partial charge in [-0.15, -0.1) is 0 Å². The van der Waals surface area contributed by atoms with Crippen molar-refractivity contribution in [3.63, 3.8) is 0 Å². The molecule has 0 spiro atoms. The third-order valence-electron chi connectivity index (χ3n) is 3.36. The van der Waals surface area contributed by atoms with Crippen molar-refractivity contribution in [1.29, 1.82) is 0 Å². The van der Waals surface area contributed by atoms with Gasteiger partial charge in [0.15, 0.2) is 11.5 Å². The van der Waals surface area contributed by atoms with Gasteiger partial charge in [-0.05, 0) is 25.1 Å². The zero-order valence-electron chi connectivity index (χ0n) is 13.7. The zero-order valence-corrected chi connectivity index (χ0v) is 13.7. The van der Waals surface area contributed by atoms with Gasteiger partial charge < -0.3 is 24.8 Å². The van der Waals surface area contributed by atoms with Crippen molar-refractivity contribution in [3.8, 4) is 17.2 Å². The van der Waals surface area contributed by atoms with Crippen LogP contribution in [0.15, 0.2) is 18.2 Å². The first-order valence-electron chi connectivity index (χ1n) is 7.01. The lowest BCUT2D eigenvalue weighted by atomic mass is 10.0. The lowest BCUT2D eigenvalue weighted by Gasteiger charge is -2.18. The molecule has 2 amide bonds. The summed E-state index contributed by atoms with van der Waals surface area (Å²) in [6, 6.07) is 3.82. The minimum absolute atomic E-state index is 0.105. The lowest BCUT2D eigenvalue weighted by Crippen LogP contribution is -2.24. The molecule has 2 N–H and O–H groups in total. The highest BCUT2D eigenvalue weighted by atomic mass is 19.1. The van der Waals surface area contributed by atoms with Crippen LogP contribution >= 0.6 is 0 Å². The topological polar surface area (TPSA) is 85.9 Å². The number of fused-ring (bicyclic) bond motifs is 1. The highest BCUT2D eigenvalue weighted by Gasteiger charge is 2.23. The van der Waals surface area contributed by atoms with Crippen molar-refractivity contribution < 1.29 is 28.2 Å². The molecule has 0 bridgehead atoms. The average molecular weight is 336 g/mol. The molecule has 2 aromatic rings. The van der Waals surface area contributed by atoms with Gasteiger partial charge in [0.25, 0.3) is 0 Å². The highest BCUT2D eigenvalue weighted by molar-refractivity contribution is 5.99. The van der Waals surface area contributed by atoms with Gasteiger partial charge in [0, 0.05) is 30.4 Å². The normalized spacial score (nSPS) is 10.2.